The summed E-state index contributed by atoms with van der Waals surface area (Å²) in [6, 6.07) is 11.7. The predicted molar refractivity (Wildman–Crippen MR) is 101 cm³/mol. The van der Waals surface area contributed by atoms with Crippen molar-refractivity contribution in [1.82, 2.24) is 30.1 Å². The zero-order valence-electron chi connectivity index (χ0n) is 14.4. The summed E-state index contributed by atoms with van der Waals surface area (Å²) in [4.78, 5) is 17.8. The maximum Gasteiger partial charge on any atom is 0.181 e. The van der Waals surface area contributed by atoms with Crippen LogP contribution in [-0.2, 0) is 0 Å². The van der Waals surface area contributed by atoms with Gasteiger partial charge in [0.15, 0.2) is 12.2 Å². The normalized spacial score (nSPS) is 11.1. The van der Waals surface area contributed by atoms with Gasteiger partial charge in [0.1, 0.15) is 5.69 Å². The van der Waals surface area contributed by atoms with Gasteiger partial charge >= 0.3 is 0 Å². The molecule has 0 saturated carbocycles. The van der Waals surface area contributed by atoms with Gasteiger partial charge in [0, 0.05) is 29.2 Å². The fourth-order valence-electron chi connectivity index (χ4n) is 3.01. The molecule has 5 rings (SSSR count). The van der Waals surface area contributed by atoms with Crippen LogP contribution in [0.4, 0.5) is 0 Å². The summed E-state index contributed by atoms with van der Waals surface area (Å²) < 4.78 is 5.36. The third-order valence-corrected chi connectivity index (χ3v) is 4.30. The van der Waals surface area contributed by atoms with E-state index >= 15 is 0 Å². The molecule has 1 N–H and O–H groups in total. The van der Waals surface area contributed by atoms with Gasteiger partial charge in [0.25, 0.3) is 0 Å². The van der Waals surface area contributed by atoms with E-state index in [9.17, 15) is 0 Å². The second-order valence-electron chi connectivity index (χ2n) is 6.14. The summed E-state index contributed by atoms with van der Waals surface area (Å²) >= 11 is 0. The van der Waals surface area contributed by atoms with Crippen LogP contribution in [0.3, 0.4) is 0 Å². The van der Waals surface area contributed by atoms with Crippen LogP contribution in [0.15, 0.2) is 65.8 Å². The topological polar surface area (TPSA) is 93.4 Å². The first-order valence-corrected chi connectivity index (χ1v) is 8.42. The monoisotopic (exact) mass is 354 g/mol. The molecule has 5 aromatic heterocycles. The van der Waals surface area contributed by atoms with Gasteiger partial charge in [-0.2, -0.15) is 5.10 Å². The average Bonchev–Trinajstić information content (AvgIpc) is 3.39. The first-order valence-electron chi connectivity index (χ1n) is 8.42. The molecule has 0 spiro atoms. The molecule has 5 heterocycles. The number of aromatic amines is 1. The Morgan fingerprint density at radius 1 is 0.963 bits per heavy atom. The number of rotatable bonds is 3. The number of aromatic nitrogens is 6. The maximum atomic E-state index is 5.36. The molecule has 0 atom stereocenters. The van der Waals surface area contributed by atoms with Crippen LogP contribution in [0.2, 0.25) is 0 Å². The summed E-state index contributed by atoms with van der Waals surface area (Å²) in [7, 11) is 0. The van der Waals surface area contributed by atoms with Gasteiger partial charge in [-0.25, -0.2) is 9.97 Å². The third kappa shape index (κ3) is 2.75. The number of oxazole rings is 1. The van der Waals surface area contributed by atoms with Gasteiger partial charge in [-0.3, -0.25) is 15.1 Å². The molecule has 0 amide bonds. The van der Waals surface area contributed by atoms with Gasteiger partial charge < -0.3 is 4.42 Å². The van der Waals surface area contributed by atoms with Gasteiger partial charge in [0.2, 0.25) is 0 Å². The predicted octanol–water partition coefficient (Wildman–Crippen LogP) is 4.05. The summed E-state index contributed by atoms with van der Waals surface area (Å²) in [5, 5.41) is 7.30. The number of H-pyrrole nitrogens is 1. The lowest BCUT2D eigenvalue weighted by molar-refractivity contribution is 0.572. The summed E-state index contributed by atoms with van der Waals surface area (Å²) in [6.07, 6.45) is 6.64. The second kappa shape index (κ2) is 6.14. The van der Waals surface area contributed by atoms with E-state index in [0.717, 1.165) is 44.9 Å². The molecule has 0 radical (unpaired) electrons. The summed E-state index contributed by atoms with van der Waals surface area (Å²) in [5.74, 6) is 0.657. The lowest BCUT2D eigenvalue weighted by atomic mass is 10.1. The van der Waals surface area contributed by atoms with E-state index in [2.05, 4.69) is 25.1 Å². The van der Waals surface area contributed by atoms with Gasteiger partial charge in [-0.15, -0.1) is 0 Å². The fraction of sp³-hybridized carbons (Fsp3) is 0.0500. The van der Waals surface area contributed by atoms with Crippen LogP contribution in [0, 0.1) is 6.92 Å². The number of nitrogens with one attached hydrogen (secondary N) is 1. The molecule has 0 aromatic carbocycles. The van der Waals surface area contributed by atoms with Crippen molar-refractivity contribution in [3.8, 4) is 34.0 Å². The van der Waals surface area contributed by atoms with Crippen molar-refractivity contribution in [2.24, 2.45) is 0 Å². The standard InChI is InChI=1S/C20H14N6O/c1-12-3-2-4-17(24-12)20-14(9-23-26-20)15-5-6-16-18(25-15)7-13(8-22-16)19-10-21-11-27-19/h2-11H,1H3,(H,23,26). The molecule has 0 aliphatic heterocycles. The molecule has 7 heteroatoms. The number of fused-ring (bicyclic) bond motifs is 1. The molecule has 0 saturated heterocycles. The van der Waals surface area contributed by atoms with Crippen molar-refractivity contribution in [1.29, 1.82) is 0 Å². The van der Waals surface area contributed by atoms with Crippen LogP contribution < -0.4 is 0 Å². The van der Waals surface area contributed by atoms with E-state index in [1.54, 1.807) is 12.4 Å². The molecular formula is C20H14N6O. The Bertz CT molecular complexity index is 1240. The molecule has 0 fully saturated rings. The van der Waals surface area contributed by atoms with Crippen LogP contribution in [0.1, 0.15) is 5.69 Å². The molecule has 130 valence electrons. The summed E-state index contributed by atoms with van der Waals surface area (Å²) in [5.41, 5.74) is 6.61. The molecule has 0 aliphatic rings. The van der Waals surface area contributed by atoms with Crippen molar-refractivity contribution < 1.29 is 4.42 Å². The first-order chi connectivity index (χ1) is 13.3. The Hall–Kier alpha value is -3.87. The number of aryl methyl sites for hydroxylation is 1. The van der Waals surface area contributed by atoms with Crippen LogP contribution >= 0.6 is 0 Å². The minimum Gasteiger partial charge on any atom is -0.443 e. The van der Waals surface area contributed by atoms with Gasteiger partial charge in [0.05, 0.1) is 28.6 Å². The highest BCUT2D eigenvalue weighted by atomic mass is 16.3. The Morgan fingerprint density at radius 2 is 1.93 bits per heavy atom. The Morgan fingerprint density at radius 3 is 2.78 bits per heavy atom. The van der Waals surface area contributed by atoms with Crippen molar-refractivity contribution in [2.75, 3.05) is 0 Å². The van der Waals surface area contributed by atoms with Crippen molar-refractivity contribution in [3.63, 3.8) is 0 Å². The lowest BCUT2D eigenvalue weighted by Gasteiger charge is -2.05. The van der Waals surface area contributed by atoms with Crippen molar-refractivity contribution in [3.05, 3.63) is 67.1 Å². The molecule has 27 heavy (non-hydrogen) atoms. The van der Waals surface area contributed by atoms with E-state index in [1.807, 2.05) is 49.5 Å². The smallest absolute Gasteiger partial charge is 0.181 e. The third-order valence-electron chi connectivity index (χ3n) is 4.30. The van der Waals surface area contributed by atoms with Gasteiger partial charge in [-0.05, 0) is 37.3 Å². The zero-order valence-corrected chi connectivity index (χ0v) is 14.4. The number of nitrogens with zero attached hydrogens (tertiary/aromatic N) is 5. The van der Waals surface area contributed by atoms with E-state index in [4.69, 9.17) is 9.40 Å². The molecule has 0 aliphatic carbocycles. The number of pyridine rings is 3. The van der Waals surface area contributed by atoms with Crippen LogP contribution in [0.5, 0.6) is 0 Å². The van der Waals surface area contributed by atoms with Crippen LogP contribution in [-0.4, -0.2) is 30.1 Å². The van der Waals surface area contributed by atoms with Crippen molar-refractivity contribution in [2.45, 2.75) is 6.92 Å². The number of hydrogen-bond acceptors (Lipinski definition) is 6. The van der Waals surface area contributed by atoms with Crippen LogP contribution in [0.25, 0.3) is 45.0 Å². The molecule has 0 bridgehead atoms. The molecule has 7 nitrogen and oxygen atoms in total. The minimum absolute atomic E-state index is 0.657. The highest BCUT2D eigenvalue weighted by Crippen LogP contribution is 2.29. The largest absolute Gasteiger partial charge is 0.443 e. The fourth-order valence-corrected chi connectivity index (χ4v) is 3.01. The average molecular weight is 354 g/mol. The van der Waals surface area contributed by atoms with E-state index in [0.29, 0.717) is 5.76 Å². The van der Waals surface area contributed by atoms with E-state index < -0.39 is 0 Å². The molecule has 0 unspecified atom stereocenters. The van der Waals surface area contributed by atoms with Crippen molar-refractivity contribution >= 4 is 11.0 Å². The minimum atomic E-state index is 0.657. The first kappa shape index (κ1) is 15.4. The molecule has 5 aromatic rings. The highest BCUT2D eigenvalue weighted by Gasteiger charge is 2.14. The zero-order chi connectivity index (χ0) is 18.2. The highest BCUT2D eigenvalue weighted by molar-refractivity contribution is 5.84. The maximum absolute atomic E-state index is 5.36. The molecular weight excluding hydrogens is 340 g/mol. The Balaban J connectivity index is 1.63. The number of hydrogen-bond donors (Lipinski definition) is 1. The second-order valence-corrected chi connectivity index (χ2v) is 6.14. The SMILES string of the molecule is Cc1cccc(-c2n[nH]cc2-c2ccc3ncc(-c4cnco4)cc3n2)n1. The van der Waals surface area contributed by atoms with E-state index in [-0.39, 0.29) is 0 Å². The van der Waals surface area contributed by atoms with Gasteiger partial charge in [-0.1, -0.05) is 6.07 Å². The Kier molecular flexibility index (Phi) is 3.50. The quantitative estimate of drug-likeness (QED) is 0.525. The lowest BCUT2D eigenvalue weighted by Crippen LogP contribution is -1.91. The Labute approximate surface area is 154 Å². The summed E-state index contributed by atoms with van der Waals surface area (Å²) in [6.45, 7) is 1.96. The van der Waals surface area contributed by atoms with E-state index in [1.165, 1.54) is 6.39 Å².